The van der Waals surface area contributed by atoms with E-state index >= 15 is 0 Å². The molecule has 0 amide bonds. The van der Waals surface area contributed by atoms with Crippen LogP contribution in [0.25, 0.3) is 0 Å². The van der Waals surface area contributed by atoms with Gasteiger partial charge < -0.3 is 10.1 Å². The summed E-state index contributed by atoms with van der Waals surface area (Å²) in [7, 11) is 0. The summed E-state index contributed by atoms with van der Waals surface area (Å²) in [6.45, 7) is 11.0. The van der Waals surface area contributed by atoms with Gasteiger partial charge >= 0.3 is 0 Å². The Labute approximate surface area is 88.4 Å². The SMILES string of the molecule is CC(C)CCO[C@@H]1CN[C@@H](C(C)C)C1. The molecule has 1 aliphatic heterocycles. The molecule has 84 valence electrons. The largest absolute Gasteiger partial charge is 0.377 e. The molecule has 2 nitrogen and oxygen atoms in total. The molecule has 0 aromatic rings. The maximum absolute atomic E-state index is 5.83. The Morgan fingerprint density at radius 2 is 2.00 bits per heavy atom. The van der Waals surface area contributed by atoms with Gasteiger partial charge in [-0.2, -0.15) is 0 Å². The van der Waals surface area contributed by atoms with E-state index in [0.29, 0.717) is 12.1 Å². The van der Waals surface area contributed by atoms with Gasteiger partial charge in [0, 0.05) is 19.2 Å². The van der Waals surface area contributed by atoms with E-state index in [4.69, 9.17) is 4.74 Å². The Hall–Kier alpha value is -0.0800. The average molecular weight is 199 g/mol. The summed E-state index contributed by atoms with van der Waals surface area (Å²) in [5.74, 6) is 1.49. The lowest BCUT2D eigenvalue weighted by molar-refractivity contribution is 0.0573. The van der Waals surface area contributed by atoms with Gasteiger partial charge in [-0.15, -0.1) is 0 Å². The fraction of sp³-hybridized carbons (Fsp3) is 1.00. The molecule has 0 spiro atoms. The predicted molar refractivity (Wildman–Crippen MR) is 60.4 cm³/mol. The topological polar surface area (TPSA) is 21.3 Å². The Kier molecular flexibility index (Phi) is 4.90. The second-order valence-corrected chi connectivity index (χ2v) is 5.17. The highest BCUT2D eigenvalue weighted by Gasteiger charge is 2.26. The third kappa shape index (κ3) is 3.97. The minimum atomic E-state index is 0.459. The van der Waals surface area contributed by atoms with Crippen molar-refractivity contribution in [2.24, 2.45) is 11.8 Å². The van der Waals surface area contributed by atoms with Crippen molar-refractivity contribution in [3.8, 4) is 0 Å². The number of rotatable bonds is 5. The second kappa shape index (κ2) is 5.72. The highest BCUT2D eigenvalue weighted by Crippen LogP contribution is 2.17. The monoisotopic (exact) mass is 199 g/mol. The minimum Gasteiger partial charge on any atom is -0.377 e. The predicted octanol–water partition coefficient (Wildman–Crippen LogP) is 2.44. The lowest BCUT2D eigenvalue weighted by Crippen LogP contribution is -2.26. The third-order valence-corrected chi connectivity index (χ3v) is 2.98. The summed E-state index contributed by atoms with van der Waals surface area (Å²) < 4.78 is 5.83. The molecule has 14 heavy (non-hydrogen) atoms. The zero-order valence-corrected chi connectivity index (χ0v) is 10.0. The maximum atomic E-state index is 5.83. The zero-order chi connectivity index (χ0) is 10.6. The standard InChI is InChI=1S/C12H25NO/c1-9(2)5-6-14-11-7-12(10(3)4)13-8-11/h9-13H,5-8H2,1-4H3/t11-,12+/m0/s1. The first-order valence-corrected chi connectivity index (χ1v) is 5.94. The van der Waals surface area contributed by atoms with Crippen LogP contribution in [0.2, 0.25) is 0 Å². The first kappa shape index (κ1) is 12.0. The van der Waals surface area contributed by atoms with Crippen LogP contribution in [-0.2, 0) is 4.74 Å². The van der Waals surface area contributed by atoms with E-state index in [1.165, 1.54) is 12.8 Å². The summed E-state index contributed by atoms with van der Waals surface area (Å²) in [6, 6.07) is 0.666. The Morgan fingerprint density at radius 1 is 1.29 bits per heavy atom. The van der Waals surface area contributed by atoms with E-state index in [2.05, 4.69) is 33.0 Å². The fourth-order valence-electron chi connectivity index (χ4n) is 1.84. The molecule has 1 aliphatic rings. The van der Waals surface area contributed by atoms with Gasteiger partial charge in [0.2, 0.25) is 0 Å². The minimum absolute atomic E-state index is 0.459. The highest BCUT2D eigenvalue weighted by molar-refractivity contribution is 4.84. The van der Waals surface area contributed by atoms with Crippen molar-refractivity contribution in [1.29, 1.82) is 0 Å². The number of ether oxygens (including phenoxy) is 1. The smallest absolute Gasteiger partial charge is 0.0714 e. The van der Waals surface area contributed by atoms with Gasteiger partial charge in [-0.05, 0) is 24.7 Å². The summed E-state index contributed by atoms with van der Waals surface area (Å²) in [4.78, 5) is 0. The van der Waals surface area contributed by atoms with E-state index in [-0.39, 0.29) is 0 Å². The molecule has 1 saturated heterocycles. The number of hydrogen-bond acceptors (Lipinski definition) is 2. The molecular formula is C12H25NO. The van der Waals surface area contributed by atoms with Crippen molar-refractivity contribution in [2.45, 2.75) is 52.7 Å². The van der Waals surface area contributed by atoms with Crippen LogP contribution in [0, 0.1) is 11.8 Å². The summed E-state index contributed by atoms with van der Waals surface area (Å²) in [6.07, 6.45) is 2.83. The normalized spacial score (nSPS) is 27.9. The van der Waals surface area contributed by atoms with Crippen molar-refractivity contribution in [3.05, 3.63) is 0 Å². The lowest BCUT2D eigenvalue weighted by atomic mass is 10.0. The highest BCUT2D eigenvalue weighted by atomic mass is 16.5. The Balaban J connectivity index is 2.10. The van der Waals surface area contributed by atoms with E-state index in [0.717, 1.165) is 25.0 Å². The van der Waals surface area contributed by atoms with Gasteiger partial charge in [-0.25, -0.2) is 0 Å². The second-order valence-electron chi connectivity index (χ2n) is 5.17. The third-order valence-electron chi connectivity index (χ3n) is 2.98. The molecule has 0 aliphatic carbocycles. The van der Waals surface area contributed by atoms with Crippen molar-refractivity contribution >= 4 is 0 Å². The van der Waals surface area contributed by atoms with Gasteiger partial charge in [0.1, 0.15) is 0 Å². The zero-order valence-electron chi connectivity index (χ0n) is 10.0. The average Bonchev–Trinajstić information content (AvgIpc) is 2.52. The number of nitrogens with one attached hydrogen (secondary N) is 1. The van der Waals surface area contributed by atoms with E-state index in [1.807, 2.05) is 0 Å². The molecule has 1 fully saturated rings. The quantitative estimate of drug-likeness (QED) is 0.734. The van der Waals surface area contributed by atoms with Crippen LogP contribution < -0.4 is 5.32 Å². The Morgan fingerprint density at radius 3 is 2.50 bits per heavy atom. The van der Waals surface area contributed by atoms with Crippen LogP contribution in [0.5, 0.6) is 0 Å². The van der Waals surface area contributed by atoms with Crippen LogP contribution in [0.1, 0.15) is 40.5 Å². The fourth-order valence-corrected chi connectivity index (χ4v) is 1.84. The molecule has 1 N–H and O–H groups in total. The number of hydrogen-bond donors (Lipinski definition) is 1. The first-order chi connectivity index (χ1) is 6.59. The molecule has 0 aromatic heterocycles. The van der Waals surface area contributed by atoms with Gasteiger partial charge in [0.15, 0.2) is 0 Å². The molecule has 1 rings (SSSR count). The van der Waals surface area contributed by atoms with Crippen LogP contribution in [-0.4, -0.2) is 25.3 Å². The van der Waals surface area contributed by atoms with E-state index in [9.17, 15) is 0 Å². The van der Waals surface area contributed by atoms with Crippen LogP contribution >= 0.6 is 0 Å². The molecule has 0 bridgehead atoms. The van der Waals surface area contributed by atoms with Crippen molar-refractivity contribution in [1.82, 2.24) is 5.32 Å². The van der Waals surface area contributed by atoms with Gasteiger partial charge in [-0.1, -0.05) is 27.7 Å². The molecule has 1 heterocycles. The molecule has 0 aromatic carbocycles. The molecule has 0 radical (unpaired) electrons. The molecule has 2 heteroatoms. The van der Waals surface area contributed by atoms with E-state index in [1.54, 1.807) is 0 Å². The van der Waals surface area contributed by atoms with Crippen molar-refractivity contribution in [2.75, 3.05) is 13.2 Å². The Bertz CT molecular complexity index is 156. The molecular weight excluding hydrogens is 174 g/mol. The van der Waals surface area contributed by atoms with Gasteiger partial charge in [0.05, 0.1) is 6.10 Å². The van der Waals surface area contributed by atoms with Crippen molar-refractivity contribution in [3.63, 3.8) is 0 Å². The van der Waals surface area contributed by atoms with Gasteiger partial charge in [-0.3, -0.25) is 0 Å². The van der Waals surface area contributed by atoms with Gasteiger partial charge in [0.25, 0.3) is 0 Å². The molecule has 2 atom stereocenters. The first-order valence-electron chi connectivity index (χ1n) is 5.94. The van der Waals surface area contributed by atoms with Crippen LogP contribution in [0.3, 0.4) is 0 Å². The molecule has 0 saturated carbocycles. The summed E-state index contributed by atoms with van der Waals surface area (Å²) >= 11 is 0. The van der Waals surface area contributed by atoms with E-state index < -0.39 is 0 Å². The molecule has 0 unspecified atom stereocenters. The summed E-state index contributed by atoms with van der Waals surface area (Å²) in [5.41, 5.74) is 0. The maximum Gasteiger partial charge on any atom is 0.0714 e. The van der Waals surface area contributed by atoms with Crippen LogP contribution in [0.15, 0.2) is 0 Å². The lowest BCUT2D eigenvalue weighted by Gasteiger charge is -2.15. The van der Waals surface area contributed by atoms with Crippen LogP contribution in [0.4, 0.5) is 0 Å². The van der Waals surface area contributed by atoms with Crippen molar-refractivity contribution < 1.29 is 4.74 Å². The summed E-state index contributed by atoms with van der Waals surface area (Å²) in [5, 5.41) is 3.52.